The molecule has 8 heteroatoms. The smallest absolute Gasteiger partial charge is 0.258 e. The van der Waals surface area contributed by atoms with E-state index in [9.17, 15) is 9.59 Å². The maximum Gasteiger partial charge on any atom is 0.258 e. The highest BCUT2D eigenvalue weighted by molar-refractivity contribution is 14.1. The van der Waals surface area contributed by atoms with Gasteiger partial charge in [-0.3, -0.25) is 14.9 Å². The molecule has 0 atom stereocenters. The van der Waals surface area contributed by atoms with E-state index in [2.05, 4.69) is 38.5 Å². The average molecular weight is 497 g/mol. The minimum Gasteiger partial charge on any atom is -0.385 e. The van der Waals surface area contributed by atoms with Gasteiger partial charge in [-0.15, -0.1) is 0 Å². The number of hydrogen-bond acceptors (Lipinski definition) is 4. The first-order valence-electron chi connectivity index (χ1n) is 8.26. The average Bonchev–Trinajstić information content (AvgIpc) is 2.65. The van der Waals surface area contributed by atoms with Gasteiger partial charge in [0.15, 0.2) is 5.11 Å². The van der Waals surface area contributed by atoms with Crippen molar-refractivity contribution in [1.29, 1.82) is 0 Å². The molecule has 0 heterocycles. The van der Waals surface area contributed by atoms with Crippen LogP contribution in [0.1, 0.15) is 27.1 Å². The van der Waals surface area contributed by atoms with Crippen LogP contribution >= 0.6 is 34.8 Å². The number of halogens is 1. The predicted molar refractivity (Wildman–Crippen MR) is 118 cm³/mol. The second-order valence-electron chi connectivity index (χ2n) is 5.54. The molecule has 0 aliphatic carbocycles. The third-order valence-corrected chi connectivity index (χ3v) is 4.72. The first kappa shape index (κ1) is 21.3. The molecule has 0 unspecified atom stereocenters. The van der Waals surface area contributed by atoms with Gasteiger partial charge in [-0.2, -0.15) is 0 Å². The lowest BCUT2D eigenvalue weighted by atomic mass is 10.1. The number of para-hydroxylation sites is 1. The standard InChI is InChI=1S/C19H20IN3O3S/c1-26-12-6-11-21-17(24)14-8-3-5-10-16(14)22-19(27)23-18(25)13-7-2-4-9-15(13)20/h2-5,7-10H,6,11-12H2,1H3,(H,21,24)(H2,22,23,25,27). The lowest BCUT2D eigenvalue weighted by Crippen LogP contribution is -2.35. The minimum absolute atomic E-state index is 0.124. The van der Waals surface area contributed by atoms with E-state index in [0.717, 1.165) is 9.99 Å². The minimum atomic E-state index is -0.306. The molecule has 2 aromatic carbocycles. The summed E-state index contributed by atoms with van der Waals surface area (Å²) < 4.78 is 5.79. The summed E-state index contributed by atoms with van der Waals surface area (Å²) in [4.78, 5) is 24.7. The zero-order chi connectivity index (χ0) is 19.6. The molecule has 0 aliphatic heterocycles. The van der Waals surface area contributed by atoms with Crippen LogP contribution in [0.25, 0.3) is 0 Å². The van der Waals surface area contributed by atoms with Crippen LogP contribution in [0.5, 0.6) is 0 Å². The molecule has 27 heavy (non-hydrogen) atoms. The summed E-state index contributed by atoms with van der Waals surface area (Å²) in [7, 11) is 1.62. The maximum atomic E-state index is 12.4. The highest BCUT2D eigenvalue weighted by Gasteiger charge is 2.14. The monoisotopic (exact) mass is 497 g/mol. The molecule has 0 fully saturated rings. The Morgan fingerprint density at radius 1 is 1.04 bits per heavy atom. The van der Waals surface area contributed by atoms with Gasteiger partial charge in [0.2, 0.25) is 0 Å². The van der Waals surface area contributed by atoms with Crippen LogP contribution in [0.15, 0.2) is 48.5 Å². The number of amides is 2. The zero-order valence-corrected chi connectivity index (χ0v) is 17.7. The van der Waals surface area contributed by atoms with Crippen molar-refractivity contribution in [2.45, 2.75) is 6.42 Å². The number of thiocarbonyl (C=S) groups is 1. The fourth-order valence-corrected chi connectivity index (χ4v) is 3.11. The molecule has 3 N–H and O–H groups in total. The van der Waals surface area contributed by atoms with Gasteiger partial charge in [-0.05, 0) is 65.5 Å². The van der Waals surface area contributed by atoms with Crippen molar-refractivity contribution in [3.05, 3.63) is 63.2 Å². The van der Waals surface area contributed by atoms with E-state index in [1.807, 2.05) is 12.1 Å². The van der Waals surface area contributed by atoms with Crippen molar-refractivity contribution in [3.63, 3.8) is 0 Å². The van der Waals surface area contributed by atoms with Crippen molar-refractivity contribution in [1.82, 2.24) is 10.6 Å². The highest BCUT2D eigenvalue weighted by Crippen LogP contribution is 2.15. The largest absolute Gasteiger partial charge is 0.385 e. The molecule has 0 saturated carbocycles. The number of nitrogens with one attached hydrogen (secondary N) is 3. The van der Waals surface area contributed by atoms with Gasteiger partial charge >= 0.3 is 0 Å². The molecule has 2 rings (SSSR count). The van der Waals surface area contributed by atoms with Crippen LogP contribution in [0, 0.1) is 3.57 Å². The van der Waals surface area contributed by atoms with Crippen LogP contribution < -0.4 is 16.0 Å². The summed E-state index contributed by atoms with van der Waals surface area (Å²) in [6, 6.07) is 14.2. The number of benzene rings is 2. The molecule has 0 saturated heterocycles. The Balaban J connectivity index is 2.00. The molecular formula is C19H20IN3O3S. The van der Waals surface area contributed by atoms with E-state index in [0.29, 0.717) is 30.0 Å². The number of ether oxygens (including phenoxy) is 1. The Kier molecular flexibility index (Phi) is 8.62. The van der Waals surface area contributed by atoms with Gasteiger partial charge in [0, 0.05) is 23.8 Å². The first-order valence-corrected chi connectivity index (χ1v) is 9.74. The number of carbonyl (C=O) groups is 2. The number of rotatable bonds is 7. The van der Waals surface area contributed by atoms with Crippen LogP contribution in [0.2, 0.25) is 0 Å². The van der Waals surface area contributed by atoms with Crippen LogP contribution in [0.3, 0.4) is 0 Å². The fraction of sp³-hybridized carbons (Fsp3) is 0.211. The Bertz CT molecular complexity index is 829. The molecule has 0 aliphatic rings. The van der Waals surface area contributed by atoms with Crippen molar-refractivity contribution >= 4 is 57.4 Å². The summed E-state index contributed by atoms with van der Waals surface area (Å²) in [6.07, 6.45) is 0.724. The summed E-state index contributed by atoms with van der Waals surface area (Å²) in [6.45, 7) is 1.09. The van der Waals surface area contributed by atoms with Crippen LogP contribution in [-0.2, 0) is 4.74 Å². The van der Waals surface area contributed by atoms with Crippen molar-refractivity contribution in [2.24, 2.45) is 0 Å². The van der Waals surface area contributed by atoms with E-state index in [-0.39, 0.29) is 16.9 Å². The van der Waals surface area contributed by atoms with E-state index < -0.39 is 0 Å². The topological polar surface area (TPSA) is 79.5 Å². The molecule has 142 valence electrons. The van der Waals surface area contributed by atoms with Gasteiger partial charge in [-0.1, -0.05) is 24.3 Å². The van der Waals surface area contributed by atoms with Crippen molar-refractivity contribution < 1.29 is 14.3 Å². The Morgan fingerprint density at radius 2 is 1.70 bits per heavy atom. The third kappa shape index (κ3) is 6.56. The van der Waals surface area contributed by atoms with Crippen LogP contribution in [-0.4, -0.2) is 37.2 Å². The summed E-state index contributed by atoms with van der Waals surface area (Å²) in [5.41, 5.74) is 1.50. The van der Waals surface area contributed by atoms with Crippen molar-refractivity contribution in [2.75, 3.05) is 25.6 Å². The zero-order valence-electron chi connectivity index (χ0n) is 14.8. The summed E-state index contributed by atoms with van der Waals surface area (Å²) >= 11 is 7.32. The molecule has 0 spiro atoms. The Labute approximate surface area is 177 Å². The Morgan fingerprint density at radius 3 is 2.41 bits per heavy atom. The van der Waals surface area contributed by atoms with E-state index >= 15 is 0 Å². The predicted octanol–water partition coefficient (Wildman–Crippen LogP) is 3.18. The molecule has 2 aromatic rings. The second kappa shape index (κ2) is 11.0. The molecule has 0 aromatic heterocycles. The summed E-state index contributed by atoms with van der Waals surface area (Å²) in [5.74, 6) is -0.528. The third-order valence-electron chi connectivity index (χ3n) is 3.58. The highest BCUT2D eigenvalue weighted by atomic mass is 127. The van der Waals surface area contributed by atoms with E-state index in [4.69, 9.17) is 17.0 Å². The molecule has 0 radical (unpaired) electrons. The normalized spacial score (nSPS) is 10.1. The van der Waals surface area contributed by atoms with Gasteiger partial charge in [0.25, 0.3) is 11.8 Å². The van der Waals surface area contributed by atoms with Gasteiger partial charge < -0.3 is 15.4 Å². The molecule has 0 bridgehead atoms. The van der Waals surface area contributed by atoms with Gasteiger partial charge in [0.1, 0.15) is 0 Å². The Hall–Kier alpha value is -2.04. The number of hydrogen-bond donors (Lipinski definition) is 3. The molecular weight excluding hydrogens is 477 g/mol. The number of carbonyl (C=O) groups excluding carboxylic acids is 2. The van der Waals surface area contributed by atoms with E-state index in [1.54, 1.807) is 43.5 Å². The SMILES string of the molecule is COCCCNC(=O)c1ccccc1NC(=S)NC(=O)c1ccccc1I. The van der Waals surface area contributed by atoms with Gasteiger partial charge in [0.05, 0.1) is 16.8 Å². The van der Waals surface area contributed by atoms with Gasteiger partial charge in [-0.25, -0.2) is 0 Å². The van der Waals surface area contributed by atoms with E-state index in [1.165, 1.54) is 0 Å². The quantitative estimate of drug-likeness (QED) is 0.311. The molecule has 6 nitrogen and oxygen atoms in total. The fourth-order valence-electron chi connectivity index (χ4n) is 2.27. The maximum absolute atomic E-state index is 12.4. The van der Waals surface area contributed by atoms with Crippen LogP contribution in [0.4, 0.5) is 5.69 Å². The lowest BCUT2D eigenvalue weighted by molar-refractivity contribution is 0.0947. The number of anilines is 1. The molecule has 2 amide bonds. The number of methoxy groups -OCH3 is 1. The van der Waals surface area contributed by atoms with Crippen molar-refractivity contribution in [3.8, 4) is 0 Å². The second-order valence-corrected chi connectivity index (χ2v) is 7.11. The summed E-state index contributed by atoms with van der Waals surface area (Å²) in [5, 5.41) is 8.52. The lowest BCUT2D eigenvalue weighted by Gasteiger charge is -2.14. The first-order chi connectivity index (χ1) is 13.0.